The number of phenolic OH excluding ortho intramolecular Hbond substituents is 2. The molecule has 0 spiro atoms. The average Bonchev–Trinajstić information content (AvgIpc) is 3.07. The number of carbonyl (C=O) groups excluding carboxylic acids is 1. The Kier molecular flexibility index (Phi) is 11.2. The van der Waals surface area contributed by atoms with Crippen molar-refractivity contribution in [2.75, 3.05) is 18.3 Å². The fourth-order valence-electron chi connectivity index (χ4n) is 6.60. The lowest BCUT2D eigenvalue weighted by atomic mass is 9.75. The van der Waals surface area contributed by atoms with E-state index < -0.39 is 9.85 Å². The zero-order valence-corrected chi connectivity index (χ0v) is 27.8. The number of nitrogens with one attached hydrogen (secondary N) is 1. The zero-order chi connectivity index (χ0) is 35.2. The highest BCUT2D eigenvalue weighted by atomic mass is 16.7. The van der Waals surface area contributed by atoms with Crippen LogP contribution in [0.4, 0.5) is 17.1 Å². The molecule has 3 aromatic rings. The van der Waals surface area contributed by atoms with Gasteiger partial charge in [0.1, 0.15) is 23.9 Å². The number of rotatable bonds is 13. The number of hydrogen-bond donors (Lipinski definition) is 3. The molecular weight excluding hydrogens is 636 g/mol. The topological polar surface area (TPSA) is 187 Å². The van der Waals surface area contributed by atoms with E-state index in [1.807, 2.05) is 0 Å². The Morgan fingerprint density at radius 1 is 0.980 bits per heavy atom. The lowest BCUT2D eigenvalue weighted by Crippen LogP contribution is -2.37. The van der Waals surface area contributed by atoms with E-state index in [2.05, 4.69) is 26.1 Å². The lowest BCUT2D eigenvalue weighted by molar-refractivity contribution is -0.385. The fourth-order valence-corrected chi connectivity index (χ4v) is 6.60. The summed E-state index contributed by atoms with van der Waals surface area (Å²) >= 11 is 0. The smallest absolute Gasteiger partial charge is 0.270 e. The standard InChI is InChI=1S/C35H42N4O10/c1-21(2)30-7-4-22(3)10-33(30)48-19-34(42)36-15-23-11-29(14-26-18-47-20-49-35(23)26)37(16-24-12-27(38(43)44)5-8-31(24)40)17-25-13-28(39(45)46)6-9-32(25)41/h5-6,8-9,11-14,21-22,30,33,40-41H,4,7,10,15-20H2,1-3H3,(H,36,42). The maximum Gasteiger partial charge on any atom is 0.270 e. The fraction of sp³-hybridized carbons (Fsp3) is 0.457. The molecule has 3 N–H and O–H groups in total. The van der Waals surface area contributed by atoms with E-state index in [4.69, 9.17) is 14.2 Å². The number of benzene rings is 3. The Morgan fingerprint density at radius 2 is 1.61 bits per heavy atom. The van der Waals surface area contributed by atoms with Crippen molar-refractivity contribution in [3.8, 4) is 17.2 Å². The molecule has 1 aliphatic heterocycles. The van der Waals surface area contributed by atoms with Crippen LogP contribution in [0.3, 0.4) is 0 Å². The minimum absolute atomic E-state index is 0.00933. The van der Waals surface area contributed by atoms with Crippen molar-refractivity contribution in [2.45, 2.75) is 72.4 Å². The van der Waals surface area contributed by atoms with Crippen LogP contribution in [0, 0.1) is 38.0 Å². The summed E-state index contributed by atoms with van der Waals surface area (Å²) in [5, 5.41) is 47.3. The van der Waals surface area contributed by atoms with Crippen LogP contribution in [0.2, 0.25) is 0 Å². The van der Waals surface area contributed by atoms with Crippen molar-refractivity contribution >= 4 is 23.0 Å². The van der Waals surface area contributed by atoms with Gasteiger partial charge in [-0.25, -0.2) is 0 Å². The van der Waals surface area contributed by atoms with Gasteiger partial charge in [-0.3, -0.25) is 25.0 Å². The average molecular weight is 679 g/mol. The molecule has 1 aliphatic carbocycles. The summed E-state index contributed by atoms with van der Waals surface area (Å²) < 4.78 is 17.5. The number of nitro groups is 2. The van der Waals surface area contributed by atoms with Gasteiger partial charge in [-0.2, -0.15) is 0 Å². The Hall–Kier alpha value is -4.95. The normalized spacial score (nSPS) is 18.7. The quantitative estimate of drug-likeness (QED) is 0.140. The molecule has 1 fully saturated rings. The summed E-state index contributed by atoms with van der Waals surface area (Å²) in [7, 11) is 0. The predicted molar refractivity (Wildman–Crippen MR) is 179 cm³/mol. The predicted octanol–water partition coefficient (Wildman–Crippen LogP) is 6.08. The highest BCUT2D eigenvalue weighted by Gasteiger charge is 2.32. The molecule has 0 saturated heterocycles. The van der Waals surface area contributed by atoms with E-state index in [1.165, 1.54) is 36.4 Å². The van der Waals surface area contributed by atoms with Crippen molar-refractivity contribution in [1.82, 2.24) is 5.32 Å². The molecule has 262 valence electrons. The molecule has 49 heavy (non-hydrogen) atoms. The van der Waals surface area contributed by atoms with E-state index in [0.29, 0.717) is 40.3 Å². The molecule has 3 aromatic carbocycles. The van der Waals surface area contributed by atoms with Gasteiger partial charge in [0.25, 0.3) is 11.4 Å². The molecule has 14 nitrogen and oxygen atoms in total. The molecular formula is C35H42N4O10. The third-order valence-electron chi connectivity index (χ3n) is 9.27. The van der Waals surface area contributed by atoms with Gasteiger partial charge in [0, 0.05) is 71.8 Å². The first kappa shape index (κ1) is 35.4. The highest BCUT2D eigenvalue weighted by Crippen LogP contribution is 2.37. The number of ether oxygens (including phenoxy) is 3. The summed E-state index contributed by atoms with van der Waals surface area (Å²) in [6.45, 7) is 6.63. The second-order valence-electron chi connectivity index (χ2n) is 13.2. The SMILES string of the molecule is CC1CCC(C(C)C)C(OCC(=O)NCc2cc(N(Cc3cc([N+](=O)[O-])ccc3O)Cc3cc([N+](=O)[O-])ccc3O)cc3c2OCOC3)C1. The number of hydrogen-bond acceptors (Lipinski definition) is 11. The number of non-ortho nitro benzene ring substituents is 2. The Labute approximate surface area is 283 Å². The number of nitro benzene ring substituents is 2. The van der Waals surface area contributed by atoms with Crippen LogP contribution in [-0.4, -0.2) is 45.5 Å². The molecule has 0 bridgehead atoms. The molecule has 3 atom stereocenters. The van der Waals surface area contributed by atoms with Gasteiger partial charge in [0.15, 0.2) is 6.79 Å². The number of anilines is 1. The van der Waals surface area contributed by atoms with Gasteiger partial charge in [0.2, 0.25) is 5.91 Å². The van der Waals surface area contributed by atoms with Crippen LogP contribution in [0.25, 0.3) is 0 Å². The molecule has 1 saturated carbocycles. The molecule has 1 amide bonds. The van der Waals surface area contributed by atoms with Crippen LogP contribution in [0.15, 0.2) is 48.5 Å². The van der Waals surface area contributed by atoms with Crippen LogP contribution in [-0.2, 0) is 40.5 Å². The minimum atomic E-state index is -0.574. The van der Waals surface area contributed by atoms with Crippen molar-refractivity contribution in [2.24, 2.45) is 17.8 Å². The molecule has 1 heterocycles. The van der Waals surface area contributed by atoms with E-state index >= 15 is 0 Å². The zero-order valence-electron chi connectivity index (χ0n) is 27.8. The minimum Gasteiger partial charge on any atom is -0.508 e. The summed E-state index contributed by atoms with van der Waals surface area (Å²) in [6.07, 6.45) is 3.14. The second kappa shape index (κ2) is 15.5. The van der Waals surface area contributed by atoms with Gasteiger partial charge in [0.05, 0.1) is 22.6 Å². The third-order valence-corrected chi connectivity index (χ3v) is 9.27. The van der Waals surface area contributed by atoms with Crippen molar-refractivity contribution in [3.63, 3.8) is 0 Å². The number of nitrogens with zero attached hydrogens (tertiary/aromatic N) is 3. The Morgan fingerprint density at radius 3 is 2.20 bits per heavy atom. The first-order valence-electron chi connectivity index (χ1n) is 16.3. The van der Waals surface area contributed by atoms with Gasteiger partial charge < -0.3 is 34.6 Å². The van der Waals surface area contributed by atoms with Crippen LogP contribution in [0.5, 0.6) is 17.2 Å². The molecule has 3 unspecified atom stereocenters. The largest absolute Gasteiger partial charge is 0.508 e. The van der Waals surface area contributed by atoms with E-state index in [-0.39, 0.29) is 85.7 Å². The summed E-state index contributed by atoms with van der Waals surface area (Å²) in [6, 6.07) is 10.9. The lowest BCUT2D eigenvalue weighted by Gasteiger charge is -2.37. The monoisotopic (exact) mass is 678 g/mol. The summed E-state index contributed by atoms with van der Waals surface area (Å²) in [5.41, 5.74) is 1.78. The van der Waals surface area contributed by atoms with E-state index in [9.17, 15) is 35.2 Å². The number of aromatic hydroxyl groups is 2. The maximum absolute atomic E-state index is 13.1. The second-order valence-corrected chi connectivity index (χ2v) is 13.2. The molecule has 0 radical (unpaired) electrons. The molecule has 0 aromatic heterocycles. The Balaban J connectivity index is 1.43. The number of carbonyl (C=O) groups is 1. The maximum atomic E-state index is 13.1. The third kappa shape index (κ3) is 8.75. The number of amides is 1. The summed E-state index contributed by atoms with van der Waals surface area (Å²) in [5.74, 6) is 1.24. The van der Waals surface area contributed by atoms with Crippen LogP contribution in [0.1, 0.15) is 62.3 Å². The molecule has 14 heteroatoms. The van der Waals surface area contributed by atoms with Gasteiger partial charge in [-0.15, -0.1) is 0 Å². The van der Waals surface area contributed by atoms with Crippen LogP contribution >= 0.6 is 0 Å². The summed E-state index contributed by atoms with van der Waals surface area (Å²) in [4.78, 5) is 36.7. The van der Waals surface area contributed by atoms with E-state index in [1.54, 1.807) is 17.0 Å². The van der Waals surface area contributed by atoms with Crippen molar-refractivity contribution in [3.05, 3.63) is 91.0 Å². The first-order valence-corrected chi connectivity index (χ1v) is 16.3. The van der Waals surface area contributed by atoms with Crippen molar-refractivity contribution in [1.29, 1.82) is 0 Å². The van der Waals surface area contributed by atoms with E-state index in [0.717, 1.165) is 19.3 Å². The first-order chi connectivity index (χ1) is 23.4. The molecule has 5 rings (SSSR count). The van der Waals surface area contributed by atoms with Gasteiger partial charge in [-0.1, -0.05) is 27.2 Å². The van der Waals surface area contributed by atoms with Crippen LogP contribution < -0.4 is 15.0 Å². The van der Waals surface area contributed by atoms with Gasteiger partial charge >= 0.3 is 0 Å². The molecule has 2 aliphatic rings. The highest BCUT2D eigenvalue weighted by molar-refractivity contribution is 5.77. The van der Waals surface area contributed by atoms with Crippen molar-refractivity contribution < 1.29 is 39.1 Å². The number of fused-ring (bicyclic) bond motifs is 1. The number of phenols is 2. The van der Waals surface area contributed by atoms with Gasteiger partial charge in [-0.05, 0) is 54.9 Å². The Bertz CT molecular complexity index is 1630.